The lowest BCUT2D eigenvalue weighted by Crippen LogP contribution is -2.44. The molecule has 3 N–H and O–H groups in total. The van der Waals surface area contributed by atoms with Gasteiger partial charge < -0.3 is 10.6 Å². The number of benzene rings is 1. The van der Waals surface area contributed by atoms with Crippen molar-refractivity contribution in [3.05, 3.63) is 29.8 Å². The van der Waals surface area contributed by atoms with Crippen LogP contribution >= 0.6 is 0 Å². The Kier molecular flexibility index (Phi) is 4.84. The van der Waals surface area contributed by atoms with Crippen molar-refractivity contribution >= 4 is 21.6 Å². The molecule has 2 atom stereocenters. The summed E-state index contributed by atoms with van der Waals surface area (Å²) in [7, 11) is -1.93. The Hall–Kier alpha value is -1.60. The topological polar surface area (TPSA) is 87.3 Å². The fraction of sp³-hybridized carbons (Fsp3) is 0.500. The minimum absolute atomic E-state index is 0.0146. The fourth-order valence-electron chi connectivity index (χ4n) is 2.46. The van der Waals surface area contributed by atoms with Crippen LogP contribution in [0.5, 0.6) is 0 Å². The molecule has 1 aliphatic rings. The quantitative estimate of drug-likeness (QED) is 0.731. The van der Waals surface area contributed by atoms with Crippen LogP contribution in [0, 0.1) is 5.92 Å². The first-order chi connectivity index (χ1) is 9.93. The smallest absolute Gasteiger partial charge is 0.225 e. The monoisotopic (exact) mass is 311 g/mol. The minimum atomic E-state index is -3.29. The van der Waals surface area contributed by atoms with E-state index >= 15 is 0 Å². The van der Waals surface area contributed by atoms with Crippen LogP contribution < -0.4 is 15.4 Å². The van der Waals surface area contributed by atoms with Crippen molar-refractivity contribution in [1.29, 1.82) is 0 Å². The second-order valence-corrected chi connectivity index (χ2v) is 7.26. The molecular formula is C14H21N3O3S. The number of nitrogens with one attached hydrogen (secondary N) is 3. The molecule has 2 unspecified atom stereocenters. The van der Waals surface area contributed by atoms with E-state index in [9.17, 15) is 13.2 Å². The molecule has 0 saturated heterocycles. The van der Waals surface area contributed by atoms with Gasteiger partial charge in [0.2, 0.25) is 15.9 Å². The minimum Gasteiger partial charge on any atom is -0.382 e. The number of anilines is 1. The highest BCUT2D eigenvalue weighted by Crippen LogP contribution is 2.28. The largest absolute Gasteiger partial charge is 0.382 e. The van der Waals surface area contributed by atoms with Crippen molar-refractivity contribution in [3.63, 3.8) is 0 Å². The van der Waals surface area contributed by atoms with Gasteiger partial charge in [-0.3, -0.25) is 4.79 Å². The second-order valence-electron chi connectivity index (χ2n) is 5.21. The summed E-state index contributed by atoms with van der Waals surface area (Å²) in [6, 6.07) is 7.92. The molecule has 1 amide bonds. The predicted octanol–water partition coefficient (Wildman–Crippen LogP) is 0.325. The Morgan fingerprint density at radius 1 is 1.38 bits per heavy atom. The van der Waals surface area contributed by atoms with Crippen LogP contribution in [0.15, 0.2) is 24.3 Å². The molecule has 0 aliphatic carbocycles. The third-order valence-electron chi connectivity index (χ3n) is 3.76. The fourth-order valence-corrected chi connectivity index (χ4v) is 3.04. The summed E-state index contributed by atoms with van der Waals surface area (Å²) in [6.07, 6.45) is 0.662. The van der Waals surface area contributed by atoms with Gasteiger partial charge in [-0.15, -0.1) is 0 Å². The Morgan fingerprint density at radius 3 is 2.81 bits per heavy atom. The van der Waals surface area contributed by atoms with Gasteiger partial charge in [0.1, 0.15) is 0 Å². The third-order valence-corrected chi connectivity index (χ3v) is 5.13. The lowest BCUT2D eigenvalue weighted by Gasteiger charge is -2.31. The van der Waals surface area contributed by atoms with E-state index in [1.54, 1.807) is 0 Å². The maximum absolute atomic E-state index is 12.2. The molecule has 6 nitrogen and oxygen atoms in total. The van der Waals surface area contributed by atoms with Crippen LogP contribution in [0.1, 0.15) is 12.5 Å². The zero-order valence-corrected chi connectivity index (χ0v) is 13.0. The van der Waals surface area contributed by atoms with Crippen LogP contribution in [0.4, 0.5) is 5.69 Å². The van der Waals surface area contributed by atoms with Gasteiger partial charge in [0.15, 0.2) is 0 Å². The standard InChI is InChI=1S/C14H21N3O3S/c1-10-12(9-11-5-3-4-6-13(11)17-10)14(18)16-7-8-21(19,20)15-2/h3-6,10,12,15,17H,7-9H2,1-2H3,(H,16,18). The van der Waals surface area contributed by atoms with Crippen molar-refractivity contribution in [2.24, 2.45) is 5.92 Å². The van der Waals surface area contributed by atoms with E-state index in [0.717, 1.165) is 11.3 Å². The zero-order valence-electron chi connectivity index (χ0n) is 12.2. The highest BCUT2D eigenvalue weighted by Gasteiger charge is 2.30. The average Bonchev–Trinajstić information content (AvgIpc) is 2.46. The number of sulfonamides is 1. The Labute approximate surface area is 125 Å². The predicted molar refractivity (Wildman–Crippen MR) is 82.6 cm³/mol. The molecule has 7 heteroatoms. The van der Waals surface area contributed by atoms with Crippen LogP contribution in [-0.2, 0) is 21.2 Å². The highest BCUT2D eigenvalue weighted by molar-refractivity contribution is 7.89. The first-order valence-corrected chi connectivity index (χ1v) is 8.61. The maximum Gasteiger partial charge on any atom is 0.225 e. The van der Waals surface area contributed by atoms with E-state index in [0.29, 0.717) is 6.42 Å². The van der Waals surface area contributed by atoms with Crippen LogP contribution in [0.2, 0.25) is 0 Å². The summed E-state index contributed by atoms with van der Waals surface area (Å²) < 4.78 is 24.8. The molecule has 0 fully saturated rings. The second kappa shape index (κ2) is 6.44. The van der Waals surface area contributed by atoms with Gasteiger partial charge in [-0.1, -0.05) is 18.2 Å². The van der Waals surface area contributed by atoms with E-state index < -0.39 is 10.0 Å². The van der Waals surface area contributed by atoms with E-state index in [-0.39, 0.29) is 30.2 Å². The zero-order chi connectivity index (χ0) is 15.5. The number of carbonyl (C=O) groups excluding carboxylic acids is 1. The van der Waals surface area contributed by atoms with Crippen LogP contribution in [0.3, 0.4) is 0 Å². The van der Waals surface area contributed by atoms with Crippen molar-refractivity contribution in [2.45, 2.75) is 19.4 Å². The van der Waals surface area contributed by atoms with Gasteiger partial charge >= 0.3 is 0 Å². The molecule has 21 heavy (non-hydrogen) atoms. The van der Waals surface area contributed by atoms with E-state index in [1.165, 1.54) is 7.05 Å². The summed E-state index contributed by atoms with van der Waals surface area (Å²) in [5.41, 5.74) is 2.17. The lowest BCUT2D eigenvalue weighted by atomic mass is 9.87. The lowest BCUT2D eigenvalue weighted by molar-refractivity contribution is -0.125. The molecule has 0 saturated carbocycles. The van der Waals surface area contributed by atoms with Crippen LogP contribution in [0.25, 0.3) is 0 Å². The molecule has 2 rings (SSSR count). The molecule has 1 aliphatic heterocycles. The number of amides is 1. The SMILES string of the molecule is CNS(=O)(=O)CCNC(=O)C1Cc2ccccc2NC1C. The van der Waals surface area contributed by atoms with E-state index in [4.69, 9.17) is 0 Å². The summed E-state index contributed by atoms with van der Waals surface area (Å²) >= 11 is 0. The third kappa shape index (κ3) is 3.95. The first-order valence-electron chi connectivity index (χ1n) is 6.96. The molecule has 0 spiro atoms. The molecule has 0 aromatic heterocycles. The number of rotatable bonds is 5. The normalized spacial score (nSPS) is 21.2. The summed E-state index contributed by atoms with van der Waals surface area (Å²) in [6.45, 7) is 2.08. The Morgan fingerprint density at radius 2 is 2.10 bits per heavy atom. The number of carbonyl (C=O) groups is 1. The van der Waals surface area contributed by atoms with Gasteiger partial charge in [0.05, 0.1) is 11.7 Å². The number of hydrogen-bond acceptors (Lipinski definition) is 4. The molecular weight excluding hydrogens is 290 g/mol. The Bertz CT molecular complexity index is 616. The molecule has 1 heterocycles. The number of fused-ring (bicyclic) bond motifs is 1. The molecule has 1 aromatic carbocycles. The van der Waals surface area contributed by atoms with Crippen molar-refractivity contribution in [1.82, 2.24) is 10.0 Å². The molecule has 116 valence electrons. The molecule has 0 radical (unpaired) electrons. The van der Waals surface area contributed by atoms with Gasteiger partial charge in [0, 0.05) is 18.3 Å². The van der Waals surface area contributed by atoms with Crippen LogP contribution in [-0.4, -0.2) is 39.7 Å². The molecule has 1 aromatic rings. The van der Waals surface area contributed by atoms with Gasteiger partial charge in [-0.2, -0.15) is 0 Å². The van der Waals surface area contributed by atoms with Crippen molar-refractivity contribution in [2.75, 3.05) is 24.7 Å². The van der Waals surface area contributed by atoms with Crippen molar-refractivity contribution in [3.8, 4) is 0 Å². The van der Waals surface area contributed by atoms with Crippen molar-refractivity contribution < 1.29 is 13.2 Å². The first kappa shape index (κ1) is 15.8. The summed E-state index contributed by atoms with van der Waals surface area (Å²) in [5.74, 6) is -0.423. The Balaban J connectivity index is 1.94. The highest BCUT2D eigenvalue weighted by atomic mass is 32.2. The number of hydrogen-bond donors (Lipinski definition) is 3. The molecule has 0 bridgehead atoms. The average molecular weight is 311 g/mol. The number of para-hydroxylation sites is 1. The van der Waals surface area contributed by atoms with Gasteiger partial charge in [-0.25, -0.2) is 13.1 Å². The van der Waals surface area contributed by atoms with E-state index in [1.807, 2.05) is 31.2 Å². The van der Waals surface area contributed by atoms with Gasteiger partial charge in [0.25, 0.3) is 0 Å². The maximum atomic E-state index is 12.2. The summed E-state index contributed by atoms with van der Waals surface area (Å²) in [5, 5.41) is 6.02. The summed E-state index contributed by atoms with van der Waals surface area (Å²) in [4.78, 5) is 12.2. The van der Waals surface area contributed by atoms with E-state index in [2.05, 4.69) is 15.4 Å². The van der Waals surface area contributed by atoms with Gasteiger partial charge in [-0.05, 0) is 32.0 Å².